The third-order valence-corrected chi connectivity index (χ3v) is 8.80. The van der Waals surface area contributed by atoms with Crippen LogP contribution in [0.5, 0.6) is 0 Å². The van der Waals surface area contributed by atoms with Crippen molar-refractivity contribution in [1.82, 2.24) is 20.4 Å². The molecule has 246 valence electrons. The summed E-state index contributed by atoms with van der Waals surface area (Å²) < 4.78 is 34.4. The van der Waals surface area contributed by atoms with Gasteiger partial charge in [0.1, 0.15) is 17.7 Å². The van der Waals surface area contributed by atoms with Gasteiger partial charge < -0.3 is 30.3 Å². The van der Waals surface area contributed by atoms with Gasteiger partial charge in [0, 0.05) is 31.7 Å². The molecule has 2 aliphatic heterocycles. The van der Waals surface area contributed by atoms with Crippen LogP contribution < -0.4 is 10.6 Å². The lowest BCUT2D eigenvalue weighted by molar-refractivity contribution is -0.126. The predicted octanol–water partition coefficient (Wildman–Crippen LogP) is 4.80. The number of hydrogen-bond donors (Lipinski definition) is 3. The molecule has 46 heavy (non-hydrogen) atoms. The first-order valence-corrected chi connectivity index (χ1v) is 16.2. The first-order valence-electron chi connectivity index (χ1n) is 16.2. The van der Waals surface area contributed by atoms with E-state index in [1.54, 1.807) is 9.80 Å². The Balaban J connectivity index is 1.32. The van der Waals surface area contributed by atoms with Gasteiger partial charge in [0.05, 0.1) is 31.4 Å². The highest BCUT2D eigenvalue weighted by Crippen LogP contribution is 2.23. The van der Waals surface area contributed by atoms with E-state index in [4.69, 9.17) is 4.74 Å². The molecule has 2 aliphatic rings. The monoisotopic (exact) mass is 634 g/mol. The maximum absolute atomic E-state index is 14.2. The van der Waals surface area contributed by atoms with Crippen LogP contribution in [0, 0.1) is 11.6 Å². The summed E-state index contributed by atoms with van der Waals surface area (Å²) in [6.07, 6.45) is 2.05. The first-order chi connectivity index (χ1) is 22.3. The van der Waals surface area contributed by atoms with Gasteiger partial charge >= 0.3 is 6.03 Å². The number of benzene rings is 3. The van der Waals surface area contributed by atoms with Crippen molar-refractivity contribution in [3.05, 3.63) is 107 Å². The minimum Gasteiger partial charge on any atom is -0.389 e. The van der Waals surface area contributed by atoms with E-state index in [1.165, 1.54) is 12.1 Å². The van der Waals surface area contributed by atoms with E-state index in [0.29, 0.717) is 31.7 Å². The quantitative estimate of drug-likeness (QED) is 0.209. The van der Waals surface area contributed by atoms with Crippen LogP contribution in [0.15, 0.2) is 78.9 Å². The number of aliphatic hydroxyl groups is 1. The van der Waals surface area contributed by atoms with Gasteiger partial charge in [0.2, 0.25) is 5.91 Å². The maximum Gasteiger partial charge on any atom is 0.321 e. The third-order valence-electron chi connectivity index (χ3n) is 8.80. The molecule has 0 saturated carbocycles. The van der Waals surface area contributed by atoms with Crippen LogP contribution in [0.25, 0.3) is 0 Å². The fourth-order valence-electron chi connectivity index (χ4n) is 6.33. The minimum absolute atomic E-state index is 0.00509. The van der Waals surface area contributed by atoms with Crippen LogP contribution in [0.2, 0.25) is 0 Å². The number of nitrogens with one attached hydrogen (secondary N) is 2. The van der Waals surface area contributed by atoms with Crippen molar-refractivity contribution < 1.29 is 28.2 Å². The van der Waals surface area contributed by atoms with Gasteiger partial charge in [0.25, 0.3) is 0 Å². The van der Waals surface area contributed by atoms with E-state index in [-0.39, 0.29) is 31.6 Å². The van der Waals surface area contributed by atoms with Gasteiger partial charge in [-0.3, -0.25) is 4.79 Å². The van der Waals surface area contributed by atoms with E-state index in [1.807, 2.05) is 60.7 Å². The highest BCUT2D eigenvalue weighted by Gasteiger charge is 2.43. The lowest BCUT2D eigenvalue weighted by Gasteiger charge is -2.31. The molecule has 3 N–H and O–H groups in total. The van der Waals surface area contributed by atoms with Crippen LogP contribution in [0.1, 0.15) is 49.3 Å². The second-order valence-electron chi connectivity index (χ2n) is 12.3. The standard InChI is InChI=1S/C36H44F2N4O4/c1-2-3-10-15-41-23-33(42(36(41)45)22-25-11-6-4-7-12-25)35(44)40-32(18-27-16-28(37)19-29(38)17-27)34(43)31-20-30(21-39-31)46-24-26-13-8-5-9-14-26/h4-9,11-14,16-17,19,30-34,39,43H,2-3,10,15,18,20-24H2,1H3,(H,40,44)/t30-,31-,32+,33?,34-/m1/s1. The van der Waals surface area contributed by atoms with E-state index in [0.717, 1.165) is 36.5 Å². The Bertz CT molecular complexity index is 1410. The summed E-state index contributed by atoms with van der Waals surface area (Å²) in [6, 6.07) is 20.2. The van der Waals surface area contributed by atoms with Crippen LogP contribution in [-0.4, -0.2) is 76.8 Å². The summed E-state index contributed by atoms with van der Waals surface area (Å²) in [5.74, 6) is -1.89. The van der Waals surface area contributed by atoms with Crippen LogP contribution in [0.3, 0.4) is 0 Å². The van der Waals surface area contributed by atoms with Crippen molar-refractivity contribution in [3.8, 4) is 0 Å². The summed E-state index contributed by atoms with van der Waals surface area (Å²) in [7, 11) is 0. The van der Waals surface area contributed by atoms with Crippen LogP contribution in [-0.2, 0) is 29.1 Å². The highest BCUT2D eigenvalue weighted by atomic mass is 19.1. The van der Waals surface area contributed by atoms with Crippen molar-refractivity contribution >= 4 is 11.9 Å². The van der Waals surface area contributed by atoms with Crippen LogP contribution >= 0.6 is 0 Å². The molecule has 0 spiro atoms. The molecular weight excluding hydrogens is 590 g/mol. The Morgan fingerprint density at radius 3 is 2.35 bits per heavy atom. The molecule has 2 saturated heterocycles. The fourth-order valence-corrected chi connectivity index (χ4v) is 6.33. The third kappa shape index (κ3) is 8.90. The van der Waals surface area contributed by atoms with E-state index >= 15 is 0 Å². The molecule has 2 heterocycles. The number of carbonyl (C=O) groups excluding carboxylic acids is 2. The molecule has 1 unspecified atom stereocenters. The summed E-state index contributed by atoms with van der Waals surface area (Å²) >= 11 is 0. The normalized spacial score (nSPS) is 21.0. The molecular formula is C36H44F2N4O4. The van der Waals surface area contributed by atoms with Crippen molar-refractivity contribution in [2.24, 2.45) is 0 Å². The number of amides is 3. The number of hydrogen-bond acceptors (Lipinski definition) is 5. The number of halogens is 2. The van der Waals surface area contributed by atoms with Crippen molar-refractivity contribution in [1.29, 1.82) is 0 Å². The Morgan fingerprint density at radius 1 is 1.00 bits per heavy atom. The topological polar surface area (TPSA) is 94.1 Å². The molecule has 3 aromatic rings. The number of urea groups is 1. The van der Waals surface area contributed by atoms with Gasteiger partial charge in [-0.2, -0.15) is 0 Å². The SMILES string of the molecule is CCCCCN1CC(C(=O)N[C@@H](Cc2cc(F)cc(F)c2)[C@H](O)[C@H]2C[C@@H](OCc3ccccc3)CN2)N(Cc2ccccc2)C1=O. The lowest BCUT2D eigenvalue weighted by atomic mass is 9.94. The Labute approximate surface area is 269 Å². The molecule has 2 fully saturated rings. The lowest BCUT2D eigenvalue weighted by Crippen LogP contribution is -2.56. The van der Waals surface area contributed by atoms with Gasteiger partial charge in [-0.1, -0.05) is 80.4 Å². The molecule has 5 atom stereocenters. The smallest absolute Gasteiger partial charge is 0.321 e. The summed E-state index contributed by atoms with van der Waals surface area (Å²) in [6.45, 7) is 4.06. The number of unbranched alkanes of at least 4 members (excludes halogenated alkanes) is 2. The zero-order chi connectivity index (χ0) is 32.5. The largest absolute Gasteiger partial charge is 0.389 e. The zero-order valence-corrected chi connectivity index (χ0v) is 26.3. The minimum atomic E-state index is -1.10. The molecule has 0 aromatic heterocycles. The first kappa shape index (κ1) is 33.5. The molecule has 8 nitrogen and oxygen atoms in total. The number of nitrogens with zero attached hydrogens (tertiary/aromatic N) is 2. The van der Waals surface area contributed by atoms with E-state index in [2.05, 4.69) is 17.6 Å². The number of aliphatic hydroxyl groups excluding tert-OH is 1. The summed E-state index contributed by atoms with van der Waals surface area (Å²) in [5.41, 5.74) is 2.24. The van der Waals surface area contributed by atoms with Crippen LogP contribution in [0.4, 0.5) is 13.6 Å². The summed E-state index contributed by atoms with van der Waals surface area (Å²) in [5, 5.41) is 17.9. The van der Waals surface area contributed by atoms with Crippen molar-refractivity contribution in [2.75, 3.05) is 19.6 Å². The predicted molar refractivity (Wildman–Crippen MR) is 172 cm³/mol. The molecule has 0 radical (unpaired) electrons. The second-order valence-corrected chi connectivity index (χ2v) is 12.3. The molecule has 10 heteroatoms. The Kier molecular flexibility index (Phi) is 11.7. The average molecular weight is 635 g/mol. The van der Waals surface area contributed by atoms with Crippen molar-refractivity contribution in [3.63, 3.8) is 0 Å². The molecule has 3 amide bonds. The van der Waals surface area contributed by atoms with Crippen molar-refractivity contribution in [2.45, 2.75) is 82.5 Å². The molecule has 5 rings (SSSR count). The van der Waals surface area contributed by atoms with Gasteiger partial charge in [-0.15, -0.1) is 0 Å². The van der Waals surface area contributed by atoms with Gasteiger partial charge in [-0.25, -0.2) is 13.6 Å². The second kappa shape index (κ2) is 16.1. The Hall–Kier alpha value is -3.86. The number of ether oxygens (including phenoxy) is 1. The average Bonchev–Trinajstić information content (AvgIpc) is 3.65. The zero-order valence-electron chi connectivity index (χ0n) is 26.3. The maximum atomic E-state index is 14.2. The number of rotatable bonds is 15. The fraction of sp³-hybridized carbons (Fsp3) is 0.444. The molecule has 0 aliphatic carbocycles. The number of carbonyl (C=O) groups is 2. The van der Waals surface area contributed by atoms with E-state index < -0.39 is 41.8 Å². The highest BCUT2D eigenvalue weighted by molar-refractivity contribution is 5.90. The van der Waals surface area contributed by atoms with E-state index in [9.17, 15) is 23.5 Å². The molecule has 0 bridgehead atoms. The Morgan fingerprint density at radius 2 is 1.67 bits per heavy atom. The van der Waals surface area contributed by atoms with Gasteiger partial charge in [0.15, 0.2) is 0 Å². The summed E-state index contributed by atoms with van der Waals surface area (Å²) in [4.78, 5) is 30.8. The van der Waals surface area contributed by atoms with Gasteiger partial charge in [-0.05, 0) is 48.1 Å². The molecule has 3 aromatic carbocycles.